The Morgan fingerprint density at radius 1 is 1.21 bits per heavy atom. The molecule has 19 heavy (non-hydrogen) atoms. The van der Waals surface area contributed by atoms with Crippen molar-refractivity contribution >= 4 is 56.3 Å². The average molecular weight is 449 g/mol. The summed E-state index contributed by atoms with van der Waals surface area (Å²) in [6.07, 6.45) is 0.0676. The summed E-state index contributed by atoms with van der Waals surface area (Å²) in [5, 5.41) is 8.72. The molecule has 2 aromatic carbocycles. The van der Waals surface area contributed by atoms with Gasteiger partial charge in [0.25, 0.3) is 0 Å². The van der Waals surface area contributed by atoms with Crippen LogP contribution in [0.3, 0.4) is 0 Å². The molecule has 98 valence electrons. The second-order valence-electron chi connectivity index (χ2n) is 3.89. The number of carbonyl (C=O) groups is 1. The van der Waals surface area contributed by atoms with Gasteiger partial charge in [0.1, 0.15) is 0 Å². The van der Waals surface area contributed by atoms with Crippen LogP contribution in [0, 0.1) is 3.57 Å². The molecule has 0 fully saturated rings. The highest BCUT2D eigenvalue weighted by Crippen LogP contribution is 2.34. The molecular formula is C14H10BrIO2S. The van der Waals surface area contributed by atoms with E-state index in [1.54, 1.807) is 11.8 Å². The zero-order valence-electron chi connectivity index (χ0n) is 9.77. The molecule has 0 saturated heterocycles. The fourth-order valence-electron chi connectivity index (χ4n) is 1.53. The Kier molecular flexibility index (Phi) is 5.29. The summed E-state index contributed by atoms with van der Waals surface area (Å²) in [5.41, 5.74) is 0.818. The van der Waals surface area contributed by atoms with Crippen LogP contribution in [-0.4, -0.2) is 11.1 Å². The van der Waals surface area contributed by atoms with E-state index in [2.05, 4.69) is 56.7 Å². The zero-order valence-corrected chi connectivity index (χ0v) is 14.3. The second-order valence-corrected chi connectivity index (χ2v) is 7.11. The van der Waals surface area contributed by atoms with Crippen molar-refractivity contribution in [1.82, 2.24) is 0 Å². The molecule has 5 heteroatoms. The van der Waals surface area contributed by atoms with Crippen LogP contribution in [-0.2, 0) is 11.2 Å². The number of benzene rings is 2. The Morgan fingerprint density at radius 3 is 2.47 bits per heavy atom. The molecule has 0 aliphatic carbocycles. The molecule has 0 aliphatic heterocycles. The molecule has 0 amide bonds. The fraction of sp³-hybridized carbons (Fsp3) is 0.0714. The van der Waals surface area contributed by atoms with Gasteiger partial charge in [-0.25, -0.2) is 0 Å². The smallest absolute Gasteiger partial charge is 0.307 e. The maximum absolute atomic E-state index is 10.6. The summed E-state index contributed by atoms with van der Waals surface area (Å²) in [6.45, 7) is 0. The van der Waals surface area contributed by atoms with Gasteiger partial charge in [-0.15, -0.1) is 0 Å². The average Bonchev–Trinajstić information content (AvgIpc) is 2.34. The van der Waals surface area contributed by atoms with Crippen LogP contribution in [0.1, 0.15) is 5.56 Å². The normalized spacial score (nSPS) is 10.4. The van der Waals surface area contributed by atoms with Crippen LogP contribution >= 0.6 is 50.3 Å². The standard InChI is InChI=1S/C14H10BrIO2S/c15-12-8-10(16)3-6-13(12)19-11-4-1-9(2-5-11)7-14(17)18/h1-6,8H,7H2,(H,17,18). The van der Waals surface area contributed by atoms with Crippen LogP contribution in [0.15, 0.2) is 56.7 Å². The van der Waals surface area contributed by atoms with Crippen LogP contribution in [0.5, 0.6) is 0 Å². The van der Waals surface area contributed by atoms with Crippen molar-refractivity contribution in [2.75, 3.05) is 0 Å². The van der Waals surface area contributed by atoms with Crippen LogP contribution in [0.2, 0.25) is 0 Å². The number of halogens is 2. The molecule has 0 aromatic heterocycles. The number of rotatable bonds is 4. The minimum absolute atomic E-state index is 0.0676. The van der Waals surface area contributed by atoms with E-state index >= 15 is 0 Å². The maximum Gasteiger partial charge on any atom is 0.307 e. The maximum atomic E-state index is 10.6. The third-order valence-electron chi connectivity index (χ3n) is 2.40. The largest absolute Gasteiger partial charge is 0.481 e. The summed E-state index contributed by atoms with van der Waals surface area (Å²) >= 11 is 7.47. The van der Waals surface area contributed by atoms with E-state index in [0.29, 0.717) is 0 Å². The van der Waals surface area contributed by atoms with E-state index in [-0.39, 0.29) is 6.42 Å². The molecule has 0 radical (unpaired) electrons. The second kappa shape index (κ2) is 6.76. The first-order valence-electron chi connectivity index (χ1n) is 5.48. The summed E-state index contributed by atoms with van der Waals surface area (Å²) in [7, 11) is 0. The van der Waals surface area contributed by atoms with Crippen LogP contribution < -0.4 is 0 Å². The topological polar surface area (TPSA) is 37.3 Å². The van der Waals surface area contributed by atoms with Crippen molar-refractivity contribution in [3.8, 4) is 0 Å². The van der Waals surface area contributed by atoms with Crippen molar-refractivity contribution in [2.45, 2.75) is 16.2 Å². The molecule has 0 spiro atoms. The Bertz CT molecular complexity index is 599. The molecule has 0 aliphatic rings. The molecule has 2 rings (SSSR count). The number of carboxylic acids is 1. The first kappa shape index (κ1) is 14.9. The first-order valence-corrected chi connectivity index (χ1v) is 8.17. The summed E-state index contributed by atoms with van der Waals surface area (Å²) < 4.78 is 2.25. The van der Waals surface area contributed by atoms with Gasteiger partial charge in [0.15, 0.2) is 0 Å². The van der Waals surface area contributed by atoms with Gasteiger partial charge in [-0.1, -0.05) is 23.9 Å². The number of carboxylic acid groups (broad SMARTS) is 1. The van der Waals surface area contributed by atoms with Gasteiger partial charge in [-0.2, -0.15) is 0 Å². The van der Waals surface area contributed by atoms with Gasteiger partial charge in [0, 0.05) is 17.8 Å². The lowest BCUT2D eigenvalue weighted by Crippen LogP contribution is -1.99. The zero-order chi connectivity index (χ0) is 13.8. The molecule has 2 aromatic rings. The first-order chi connectivity index (χ1) is 9.04. The van der Waals surface area contributed by atoms with Gasteiger partial charge >= 0.3 is 5.97 Å². The Morgan fingerprint density at radius 2 is 1.89 bits per heavy atom. The van der Waals surface area contributed by atoms with Crippen molar-refractivity contribution in [2.24, 2.45) is 0 Å². The summed E-state index contributed by atoms with van der Waals surface area (Å²) in [6, 6.07) is 13.8. The van der Waals surface area contributed by atoms with E-state index in [9.17, 15) is 4.79 Å². The third-order valence-corrected chi connectivity index (χ3v) is 5.07. The summed E-state index contributed by atoms with van der Waals surface area (Å²) in [4.78, 5) is 12.8. The minimum atomic E-state index is -0.805. The van der Waals surface area contributed by atoms with Crippen LogP contribution in [0.4, 0.5) is 0 Å². The number of hydrogen-bond donors (Lipinski definition) is 1. The molecular weight excluding hydrogens is 439 g/mol. The van der Waals surface area contributed by atoms with Crippen LogP contribution in [0.25, 0.3) is 0 Å². The Balaban J connectivity index is 2.13. The lowest BCUT2D eigenvalue weighted by Gasteiger charge is -2.05. The summed E-state index contributed by atoms with van der Waals surface area (Å²) in [5.74, 6) is -0.805. The predicted molar refractivity (Wildman–Crippen MR) is 88.8 cm³/mol. The van der Waals surface area contributed by atoms with E-state index in [4.69, 9.17) is 5.11 Å². The molecule has 2 nitrogen and oxygen atoms in total. The highest BCUT2D eigenvalue weighted by atomic mass is 127. The van der Waals surface area contributed by atoms with Gasteiger partial charge in [0.2, 0.25) is 0 Å². The molecule has 0 unspecified atom stereocenters. The van der Waals surface area contributed by atoms with Gasteiger partial charge < -0.3 is 5.11 Å². The number of hydrogen-bond acceptors (Lipinski definition) is 2. The van der Waals surface area contributed by atoms with Gasteiger partial charge in [-0.05, 0) is 74.4 Å². The van der Waals surface area contributed by atoms with E-state index in [0.717, 1.165) is 19.8 Å². The quantitative estimate of drug-likeness (QED) is 0.680. The molecule has 0 bridgehead atoms. The SMILES string of the molecule is O=C(O)Cc1ccc(Sc2ccc(I)cc2Br)cc1. The number of aliphatic carboxylic acids is 1. The van der Waals surface area contributed by atoms with Gasteiger partial charge in [0.05, 0.1) is 6.42 Å². The van der Waals surface area contributed by atoms with Crippen molar-refractivity contribution in [3.05, 3.63) is 56.1 Å². The minimum Gasteiger partial charge on any atom is -0.481 e. The van der Waals surface area contributed by atoms with Gasteiger partial charge in [-0.3, -0.25) is 4.79 Å². The Hall–Kier alpha value is -0.530. The Labute approximate surface area is 137 Å². The fourth-order valence-corrected chi connectivity index (χ4v) is 3.89. The monoisotopic (exact) mass is 448 g/mol. The van der Waals surface area contributed by atoms with E-state index in [1.165, 1.54) is 3.57 Å². The van der Waals surface area contributed by atoms with Crippen molar-refractivity contribution in [3.63, 3.8) is 0 Å². The molecule has 0 heterocycles. The molecule has 0 saturated carbocycles. The molecule has 0 atom stereocenters. The lowest BCUT2D eigenvalue weighted by atomic mass is 10.2. The van der Waals surface area contributed by atoms with E-state index in [1.807, 2.05) is 24.3 Å². The van der Waals surface area contributed by atoms with Crippen molar-refractivity contribution < 1.29 is 9.90 Å². The lowest BCUT2D eigenvalue weighted by molar-refractivity contribution is -0.136. The molecule has 1 N–H and O–H groups in total. The van der Waals surface area contributed by atoms with Crippen molar-refractivity contribution in [1.29, 1.82) is 0 Å². The highest BCUT2D eigenvalue weighted by Gasteiger charge is 2.04. The van der Waals surface area contributed by atoms with E-state index < -0.39 is 5.97 Å². The third kappa shape index (κ3) is 4.50. The predicted octanol–water partition coefficient (Wildman–Crippen LogP) is 4.83. The highest BCUT2D eigenvalue weighted by molar-refractivity contribution is 14.1.